The lowest BCUT2D eigenvalue weighted by Gasteiger charge is -2.18. The first-order valence-electron chi connectivity index (χ1n) is 10.5. The van der Waals surface area contributed by atoms with E-state index < -0.39 is 0 Å². The lowest BCUT2D eigenvalue weighted by atomic mass is 10.0. The van der Waals surface area contributed by atoms with Crippen LogP contribution in [0.15, 0.2) is 53.4 Å². The predicted octanol–water partition coefficient (Wildman–Crippen LogP) is 6.53. The molecule has 2 rings (SSSR count). The molecule has 0 spiro atoms. The largest absolute Gasteiger partial charge is 0.392 e. The molecule has 0 aromatic heterocycles. The first kappa shape index (κ1) is 23.4. The van der Waals surface area contributed by atoms with E-state index in [1.54, 1.807) is 11.9 Å². The number of nitrogens with zero attached hydrogens (tertiary/aromatic N) is 1. The van der Waals surface area contributed by atoms with E-state index in [-0.39, 0.29) is 6.61 Å². The van der Waals surface area contributed by atoms with Gasteiger partial charge in [-0.2, -0.15) is 0 Å². The molecule has 2 aromatic rings. The van der Waals surface area contributed by atoms with E-state index >= 15 is 0 Å². The van der Waals surface area contributed by atoms with Gasteiger partial charge in [-0.05, 0) is 92.4 Å². The third-order valence-corrected chi connectivity index (χ3v) is 5.97. The van der Waals surface area contributed by atoms with Crippen molar-refractivity contribution in [1.29, 1.82) is 0 Å². The summed E-state index contributed by atoms with van der Waals surface area (Å²) in [5.41, 5.74) is 7.31. The molecule has 2 N–H and O–H groups in total. The molecule has 0 aliphatic heterocycles. The zero-order valence-corrected chi connectivity index (χ0v) is 19.2. The summed E-state index contributed by atoms with van der Waals surface area (Å²) < 4.78 is 3.56. The fourth-order valence-corrected chi connectivity index (χ4v) is 4.27. The molecule has 29 heavy (non-hydrogen) atoms. The maximum Gasteiger partial charge on any atom is 0.0639 e. The van der Waals surface area contributed by atoms with Crippen molar-refractivity contribution in [3.05, 3.63) is 65.2 Å². The van der Waals surface area contributed by atoms with Crippen molar-refractivity contribution < 1.29 is 5.11 Å². The molecule has 0 heterocycles. The Morgan fingerprint density at radius 2 is 1.72 bits per heavy atom. The van der Waals surface area contributed by atoms with Gasteiger partial charge >= 0.3 is 0 Å². The molecule has 0 fully saturated rings. The van der Waals surface area contributed by atoms with E-state index in [0.29, 0.717) is 0 Å². The molecule has 4 heteroatoms. The third kappa shape index (κ3) is 7.79. The molecule has 0 unspecified atom stereocenters. The Balaban J connectivity index is 1.83. The van der Waals surface area contributed by atoms with Crippen LogP contribution in [-0.4, -0.2) is 25.8 Å². The SMILES string of the molecule is C=C(CO)CCCCCCc1cccc(SNc2c(C)cc(N(C)C)cc2C)c1. The van der Waals surface area contributed by atoms with Crippen LogP contribution < -0.4 is 9.62 Å². The van der Waals surface area contributed by atoms with E-state index in [1.807, 2.05) is 0 Å². The van der Waals surface area contributed by atoms with Gasteiger partial charge in [-0.15, -0.1) is 0 Å². The summed E-state index contributed by atoms with van der Waals surface area (Å²) in [6.45, 7) is 8.30. The Morgan fingerprint density at radius 3 is 2.38 bits per heavy atom. The van der Waals surface area contributed by atoms with Crippen LogP contribution in [-0.2, 0) is 6.42 Å². The van der Waals surface area contributed by atoms with Gasteiger partial charge in [0, 0.05) is 24.7 Å². The Hall–Kier alpha value is -1.91. The van der Waals surface area contributed by atoms with Gasteiger partial charge in [0.2, 0.25) is 0 Å². The molecule has 0 saturated carbocycles. The van der Waals surface area contributed by atoms with E-state index in [2.05, 4.69) is 80.5 Å². The summed E-state index contributed by atoms with van der Waals surface area (Å²) in [5.74, 6) is 0. The minimum Gasteiger partial charge on any atom is -0.392 e. The zero-order valence-electron chi connectivity index (χ0n) is 18.4. The van der Waals surface area contributed by atoms with Gasteiger partial charge in [-0.1, -0.05) is 37.1 Å². The molecule has 0 atom stereocenters. The monoisotopic (exact) mass is 412 g/mol. The van der Waals surface area contributed by atoms with Gasteiger partial charge in [0.25, 0.3) is 0 Å². The number of anilines is 2. The molecule has 3 nitrogen and oxygen atoms in total. The van der Waals surface area contributed by atoms with Crippen LogP contribution in [0.1, 0.15) is 48.8 Å². The maximum absolute atomic E-state index is 8.98. The normalized spacial score (nSPS) is 10.8. The number of hydrogen-bond acceptors (Lipinski definition) is 4. The van der Waals surface area contributed by atoms with Gasteiger partial charge in [-0.3, -0.25) is 0 Å². The number of aliphatic hydroxyl groups excluding tert-OH is 1. The van der Waals surface area contributed by atoms with Gasteiger partial charge in [0.1, 0.15) is 0 Å². The number of hydrogen-bond donors (Lipinski definition) is 2. The molecule has 0 aliphatic carbocycles. The molecule has 0 radical (unpaired) electrons. The van der Waals surface area contributed by atoms with Crippen LogP contribution in [0.3, 0.4) is 0 Å². The average molecular weight is 413 g/mol. The summed E-state index contributed by atoms with van der Waals surface area (Å²) in [4.78, 5) is 3.39. The molecule has 0 saturated heterocycles. The van der Waals surface area contributed by atoms with E-state index in [9.17, 15) is 0 Å². The summed E-state index contributed by atoms with van der Waals surface area (Å²) in [6, 6.07) is 13.3. The van der Waals surface area contributed by atoms with Crippen LogP contribution in [0.2, 0.25) is 0 Å². The summed E-state index contributed by atoms with van der Waals surface area (Å²) >= 11 is 1.69. The number of nitrogens with one attached hydrogen (secondary N) is 1. The van der Waals surface area contributed by atoms with Crippen molar-refractivity contribution in [1.82, 2.24) is 0 Å². The highest BCUT2D eigenvalue weighted by Crippen LogP contribution is 2.30. The minimum absolute atomic E-state index is 0.122. The summed E-state index contributed by atoms with van der Waals surface area (Å²) in [7, 11) is 4.15. The highest BCUT2D eigenvalue weighted by atomic mass is 32.2. The van der Waals surface area contributed by atoms with Crippen molar-refractivity contribution in [2.24, 2.45) is 0 Å². The topological polar surface area (TPSA) is 35.5 Å². The summed E-state index contributed by atoms with van der Waals surface area (Å²) in [6.07, 6.45) is 6.83. The van der Waals surface area contributed by atoms with Crippen molar-refractivity contribution in [3.8, 4) is 0 Å². The fraction of sp³-hybridized carbons (Fsp3) is 0.440. The zero-order chi connectivity index (χ0) is 21.2. The van der Waals surface area contributed by atoms with Gasteiger partial charge in [0.15, 0.2) is 0 Å². The minimum atomic E-state index is 0.122. The first-order chi connectivity index (χ1) is 13.9. The molecule has 2 aromatic carbocycles. The molecular formula is C25H36N2OS. The molecular weight excluding hydrogens is 376 g/mol. The Morgan fingerprint density at radius 1 is 1.03 bits per heavy atom. The second-order valence-electron chi connectivity index (χ2n) is 8.02. The predicted molar refractivity (Wildman–Crippen MR) is 129 cm³/mol. The van der Waals surface area contributed by atoms with Gasteiger partial charge in [0.05, 0.1) is 12.3 Å². The van der Waals surface area contributed by atoms with Gasteiger partial charge < -0.3 is 14.7 Å². The van der Waals surface area contributed by atoms with Crippen molar-refractivity contribution in [2.45, 2.75) is 57.3 Å². The highest BCUT2D eigenvalue weighted by Gasteiger charge is 2.07. The Labute approximate surface area is 181 Å². The quantitative estimate of drug-likeness (QED) is 0.236. The number of aryl methyl sites for hydroxylation is 3. The fourth-order valence-electron chi connectivity index (χ4n) is 3.37. The Bertz CT molecular complexity index is 778. The lowest BCUT2D eigenvalue weighted by molar-refractivity contribution is 0.326. The van der Waals surface area contributed by atoms with Crippen molar-refractivity contribution in [2.75, 3.05) is 30.3 Å². The number of benzene rings is 2. The van der Waals surface area contributed by atoms with E-state index in [0.717, 1.165) is 24.8 Å². The van der Waals surface area contributed by atoms with Crippen LogP contribution in [0.5, 0.6) is 0 Å². The molecule has 0 amide bonds. The second-order valence-corrected chi connectivity index (χ2v) is 8.90. The lowest BCUT2D eigenvalue weighted by Crippen LogP contribution is -2.09. The van der Waals surface area contributed by atoms with E-state index in [4.69, 9.17) is 5.11 Å². The summed E-state index contributed by atoms with van der Waals surface area (Å²) in [5, 5.41) is 8.98. The maximum atomic E-state index is 8.98. The Kier molecular flexibility index (Phi) is 9.62. The second kappa shape index (κ2) is 11.9. The molecule has 0 bridgehead atoms. The number of aliphatic hydroxyl groups is 1. The van der Waals surface area contributed by atoms with Crippen LogP contribution in [0.25, 0.3) is 0 Å². The van der Waals surface area contributed by atoms with Crippen molar-refractivity contribution in [3.63, 3.8) is 0 Å². The first-order valence-corrected chi connectivity index (χ1v) is 11.3. The number of rotatable bonds is 12. The third-order valence-electron chi connectivity index (χ3n) is 5.17. The van der Waals surface area contributed by atoms with E-state index in [1.165, 1.54) is 52.2 Å². The smallest absolute Gasteiger partial charge is 0.0639 e. The van der Waals surface area contributed by atoms with Crippen LogP contribution in [0.4, 0.5) is 11.4 Å². The van der Waals surface area contributed by atoms with Gasteiger partial charge in [-0.25, -0.2) is 0 Å². The molecule has 158 valence electrons. The number of unbranched alkanes of at least 4 members (excludes halogenated alkanes) is 3. The standard InChI is InChI=1S/C25H36N2OS/c1-19(18-28)11-8-6-7-9-12-22-13-10-14-24(17-22)29-26-25-20(2)15-23(27(4)5)16-21(25)3/h10,13-17,26,28H,1,6-9,11-12,18H2,2-5H3. The molecule has 0 aliphatic rings. The van der Waals surface area contributed by atoms with Crippen molar-refractivity contribution >= 4 is 23.3 Å². The average Bonchev–Trinajstić information content (AvgIpc) is 2.69. The van der Waals surface area contributed by atoms with Crippen LogP contribution >= 0.6 is 11.9 Å². The highest BCUT2D eigenvalue weighted by molar-refractivity contribution is 8.00. The van der Waals surface area contributed by atoms with Crippen LogP contribution in [0, 0.1) is 13.8 Å².